The second-order valence-corrected chi connectivity index (χ2v) is 10.5. The van der Waals surface area contributed by atoms with E-state index in [0.29, 0.717) is 31.4 Å². The fourth-order valence-electron chi connectivity index (χ4n) is 4.42. The maximum Gasteiger partial charge on any atom is 0.326 e. The van der Waals surface area contributed by atoms with E-state index in [4.69, 9.17) is 11.5 Å². The summed E-state index contributed by atoms with van der Waals surface area (Å²) in [5.41, 5.74) is 12.9. The van der Waals surface area contributed by atoms with Gasteiger partial charge >= 0.3 is 11.9 Å². The molecule has 2 rings (SSSR count). The van der Waals surface area contributed by atoms with Crippen molar-refractivity contribution in [3.05, 3.63) is 36.0 Å². The number of aromatic amines is 1. The van der Waals surface area contributed by atoms with Crippen molar-refractivity contribution in [2.45, 2.75) is 83.0 Å². The zero-order valence-electron chi connectivity index (χ0n) is 23.5. The maximum absolute atomic E-state index is 13.2. The van der Waals surface area contributed by atoms with Crippen molar-refractivity contribution in [1.82, 2.24) is 20.9 Å². The van der Waals surface area contributed by atoms with E-state index in [9.17, 15) is 34.2 Å². The maximum atomic E-state index is 13.2. The summed E-state index contributed by atoms with van der Waals surface area (Å²) in [6, 6.07) is 2.72. The van der Waals surface area contributed by atoms with Gasteiger partial charge in [-0.2, -0.15) is 0 Å². The molecule has 1 aromatic carbocycles. The molecule has 3 amide bonds. The first-order chi connectivity index (χ1) is 19.4. The van der Waals surface area contributed by atoms with Gasteiger partial charge in [0.05, 0.1) is 6.04 Å². The largest absolute Gasteiger partial charge is 0.481 e. The summed E-state index contributed by atoms with van der Waals surface area (Å²) in [6.07, 6.45) is 2.85. The second-order valence-electron chi connectivity index (χ2n) is 10.5. The molecule has 0 saturated carbocycles. The SMILES string of the molecule is CC(C)CC(NC(=O)C(N)CCCCN)C(=O)NC(CCC(=O)O)C(=O)NC(Cc1c[nH]c2ccccc12)C(=O)O. The van der Waals surface area contributed by atoms with Gasteiger partial charge in [0.15, 0.2) is 0 Å². The molecule has 0 aliphatic rings. The molecule has 0 fully saturated rings. The van der Waals surface area contributed by atoms with Crippen molar-refractivity contribution < 1.29 is 34.2 Å². The quantitative estimate of drug-likeness (QED) is 0.116. The first kappa shape index (κ1) is 33.2. The van der Waals surface area contributed by atoms with Crippen LogP contribution in [0.15, 0.2) is 30.5 Å². The Morgan fingerprint density at radius 3 is 2.15 bits per heavy atom. The van der Waals surface area contributed by atoms with Crippen LogP contribution >= 0.6 is 0 Å². The third-order valence-electron chi connectivity index (χ3n) is 6.64. The minimum atomic E-state index is -1.35. The van der Waals surface area contributed by atoms with Crippen molar-refractivity contribution >= 4 is 40.6 Å². The van der Waals surface area contributed by atoms with Gasteiger partial charge < -0.3 is 42.6 Å². The van der Waals surface area contributed by atoms with Crippen LogP contribution < -0.4 is 27.4 Å². The highest BCUT2D eigenvalue weighted by Crippen LogP contribution is 2.19. The van der Waals surface area contributed by atoms with E-state index in [0.717, 1.165) is 10.9 Å². The van der Waals surface area contributed by atoms with Gasteiger partial charge in [0.1, 0.15) is 18.1 Å². The van der Waals surface area contributed by atoms with Crippen LogP contribution in [0.25, 0.3) is 10.9 Å². The number of aromatic nitrogens is 1. The number of para-hydroxylation sites is 1. The predicted octanol–water partition coefficient (Wildman–Crippen LogP) is 0.617. The molecule has 226 valence electrons. The number of amides is 3. The van der Waals surface area contributed by atoms with Gasteiger partial charge in [0.2, 0.25) is 17.7 Å². The number of carboxylic acids is 2. The van der Waals surface area contributed by atoms with Crippen LogP contribution in [-0.4, -0.2) is 75.6 Å². The fourth-order valence-corrected chi connectivity index (χ4v) is 4.42. The second kappa shape index (κ2) is 16.3. The smallest absolute Gasteiger partial charge is 0.326 e. The standard InChI is InChI=1S/C28H42N6O7/c1-16(2)13-22(33-25(37)19(30)8-5-6-12-29)27(39)32-21(10-11-24(35)36)26(38)34-23(28(40)41)14-17-15-31-20-9-4-3-7-18(17)20/h3-4,7,9,15-16,19,21-23,31H,5-6,8,10-14,29-30H2,1-2H3,(H,32,39)(H,33,37)(H,34,38)(H,35,36)(H,40,41). The van der Waals surface area contributed by atoms with Crippen LogP contribution in [0.2, 0.25) is 0 Å². The molecule has 0 radical (unpaired) electrons. The lowest BCUT2D eigenvalue weighted by Crippen LogP contribution is -2.57. The van der Waals surface area contributed by atoms with E-state index in [1.54, 1.807) is 6.20 Å². The zero-order chi connectivity index (χ0) is 30.5. The van der Waals surface area contributed by atoms with E-state index >= 15 is 0 Å². The zero-order valence-corrected chi connectivity index (χ0v) is 23.5. The number of carbonyl (C=O) groups is 5. The third kappa shape index (κ3) is 10.8. The van der Waals surface area contributed by atoms with Crippen LogP contribution in [0.4, 0.5) is 0 Å². The normalized spacial score (nSPS) is 14.2. The molecule has 1 heterocycles. The fraction of sp³-hybridized carbons (Fsp3) is 0.536. The molecule has 0 bridgehead atoms. The first-order valence-corrected chi connectivity index (χ1v) is 13.8. The average molecular weight is 575 g/mol. The number of nitrogens with two attached hydrogens (primary N) is 2. The van der Waals surface area contributed by atoms with E-state index in [-0.39, 0.29) is 25.2 Å². The monoisotopic (exact) mass is 574 g/mol. The molecule has 1 aromatic heterocycles. The highest BCUT2D eigenvalue weighted by Gasteiger charge is 2.31. The number of aliphatic carboxylic acids is 2. The number of unbranched alkanes of at least 4 members (excludes halogenated alkanes) is 1. The van der Waals surface area contributed by atoms with Gasteiger partial charge in [-0.25, -0.2) is 4.79 Å². The van der Waals surface area contributed by atoms with Crippen LogP contribution in [-0.2, 0) is 30.4 Å². The van der Waals surface area contributed by atoms with Gasteiger partial charge in [0.25, 0.3) is 0 Å². The number of nitrogens with one attached hydrogen (secondary N) is 4. The Morgan fingerprint density at radius 2 is 1.51 bits per heavy atom. The molecule has 2 aromatic rings. The van der Waals surface area contributed by atoms with E-state index in [2.05, 4.69) is 20.9 Å². The van der Waals surface area contributed by atoms with Crippen molar-refractivity contribution in [2.24, 2.45) is 17.4 Å². The molecule has 4 atom stereocenters. The number of carbonyl (C=O) groups excluding carboxylic acids is 3. The van der Waals surface area contributed by atoms with Crippen molar-refractivity contribution in [3.8, 4) is 0 Å². The van der Waals surface area contributed by atoms with Crippen molar-refractivity contribution in [2.75, 3.05) is 6.54 Å². The number of H-pyrrole nitrogens is 1. The minimum absolute atomic E-state index is 0.0154. The van der Waals surface area contributed by atoms with Gasteiger partial charge in [-0.05, 0) is 49.8 Å². The number of rotatable bonds is 18. The van der Waals surface area contributed by atoms with Gasteiger partial charge in [-0.15, -0.1) is 0 Å². The molecule has 0 saturated heterocycles. The summed E-state index contributed by atoms with van der Waals surface area (Å²) in [4.78, 5) is 65.5. The van der Waals surface area contributed by atoms with Crippen molar-refractivity contribution in [1.29, 1.82) is 0 Å². The summed E-state index contributed by atoms with van der Waals surface area (Å²) >= 11 is 0. The van der Waals surface area contributed by atoms with E-state index in [1.165, 1.54) is 0 Å². The lowest BCUT2D eigenvalue weighted by atomic mass is 10.0. The Bertz CT molecular complexity index is 1200. The number of hydrogen-bond donors (Lipinski definition) is 8. The molecule has 13 heteroatoms. The Kier molecular flexibility index (Phi) is 13.2. The summed E-state index contributed by atoms with van der Waals surface area (Å²) < 4.78 is 0. The van der Waals surface area contributed by atoms with Gasteiger partial charge in [0, 0.05) is 29.9 Å². The van der Waals surface area contributed by atoms with E-state index < -0.39 is 60.2 Å². The molecule has 4 unspecified atom stereocenters. The summed E-state index contributed by atoms with van der Waals surface area (Å²) in [5, 5.41) is 27.4. The summed E-state index contributed by atoms with van der Waals surface area (Å²) in [5.74, 6) is -4.57. The molecule has 0 aliphatic heterocycles. The topological polar surface area (TPSA) is 230 Å². The Labute approximate surface area is 238 Å². The van der Waals surface area contributed by atoms with Gasteiger partial charge in [-0.3, -0.25) is 19.2 Å². The molecule has 0 aliphatic carbocycles. The highest BCUT2D eigenvalue weighted by molar-refractivity contribution is 5.94. The Hall–Kier alpha value is -3.97. The third-order valence-corrected chi connectivity index (χ3v) is 6.64. The first-order valence-electron chi connectivity index (χ1n) is 13.8. The van der Waals surface area contributed by atoms with Crippen molar-refractivity contribution in [3.63, 3.8) is 0 Å². The average Bonchev–Trinajstić information content (AvgIpc) is 3.32. The predicted molar refractivity (Wildman–Crippen MR) is 153 cm³/mol. The molecular formula is C28H42N6O7. The summed E-state index contributed by atoms with van der Waals surface area (Å²) in [7, 11) is 0. The Morgan fingerprint density at radius 1 is 0.878 bits per heavy atom. The Balaban J connectivity index is 2.17. The summed E-state index contributed by atoms with van der Waals surface area (Å²) in [6.45, 7) is 4.17. The minimum Gasteiger partial charge on any atom is -0.481 e. The highest BCUT2D eigenvalue weighted by atomic mass is 16.4. The van der Waals surface area contributed by atoms with Gasteiger partial charge in [-0.1, -0.05) is 38.5 Å². The van der Waals surface area contributed by atoms with Crippen LogP contribution in [0.3, 0.4) is 0 Å². The lowest BCUT2D eigenvalue weighted by molar-refractivity contribution is -0.143. The van der Waals surface area contributed by atoms with Crippen LogP contribution in [0.5, 0.6) is 0 Å². The number of carboxylic acid groups (broad SMARTS) is 2. The van der Waals surface area contributed by atoms with E-state index in [1.807, 2.05) is 38.1 Å². The molecule has 41 heavy (non-hydrogen) atoms. The lowest BCUT2D eigenvalue weighted by Gasteiger charge is -2.26. The molecule has 13 nitrogen and oxygen atoms in total. The number of hydrogen-bond acceptors (Lipinski definition) is 7. The molecular weight excluding hydrogens is 532 g/mol. The number of benzene rings is 1. The molecule has 0 spiro atoms. The van der Waals surface area contributed by atoms with Crippen LogP contribution in [0.1, 0.15) is 57.9 Å². The van der Waals surface area contributed by atoms with Crippen LogP contribution in [0, 0.1) is 5.92 Å². The number of fused-ring (bicyclic) bond motifs is 1. The molecule has 10 N–H and O–H groups in total.